The van der Waals surface area contributed by atoms with Crippen molar-refractivity contribution in [2.24, 2.45) is 0 Å². The van der Waals surface area contributed by atoms with E-state index in [1.165, 1.54) is 0 Å². The molecule has 0 atom stereocenters. The van der Waals surface area contributed by atoms with Crippen LogP contribution in [0.3, 0.4) is 0 Å². The maximum atomic E-state index is 12.6. The monoisotopic (exact) mass is 365 g/mol. The van der Waals surface area contributed by atoms with Crippen LogP contribution in [0.15, 0.2) is 48.7 Å². The number of nitrogens with zero attached hydrogens (tertiary/aromatic N) is 2. The molecule has 27 heavy (non-hydrogen) atoms. The summed E-state index contributed by atoms with van der Waals surface area (Å²) in [6.07, 6.45) is 1.66. The fourth-order valence-corrected chi connectivity index (χ4v) is 3.00. The number of aryl methyl sites for hydroxylation is 2. The van der Waals surface area contributed by atoms with Crippen molar-refractivity contribution in [1.29, 1.82) is 0 Å². The highest BCUT2D eigenvalue weighted by Gasteiger charge is 2.13. The van der Waals surface area contributed by atoms with E-state index in [2.05, 4.69) is 10.4 Å². The van der Waals surface area contributed by atoms with E-state index in [1.807, 2.05) is 50.2 Å². The number of carbonyl (C=O) groups excluding carboxylic acids is 1. The van der Waals surface area contributed by atoms with Crippen molar-refractivity contribution in [3.63, 3.8) is 0 Å². The van der Waals surface area contributed by atoms with Gasteiger partial charge in [0, 0.05) is 23.3 Å². The van der Waals surface area contributed by atoms with Crippen molar-refractivity contribution >= 4 is 11.7 Å². The summed E-state index contributed by atoms with van der Waals surface area (Å²) in [4.78, 5) is 12.6. The van der Waals surface area contributed by atoms with Gasteiger partial charge in [0.25, 0.3) is 5.91 Å². The summed E-state index contributed by atoms with van der Waals surface area (Å²) in [5, 5.41) is 7.26. The van der Waals surface area contributed by atoms with Crippen molar-refractivity contribution < 1.29 is 14.3 Å². The van der Waals surface area contributed by atoms with Gasteiger partial charge in [0.2, 0.25) is 0 Å². The van der Waals surface area contributed by atoms with Crippen molar-refractivity contribution in [3.8, 4) is 11.5 Å². The van der Waals surface area contributed by atoms with Crippen molar-refractivity contribution in [2.45, 2.75) is 20.4 Å². The Morgan fingerprint density at radius 2 is 1.78 bits per heavy atom. The quantitative estimate of drug-likeness (QED) is 0.721. The van der Waals surface area contributed by atoms with Gasteiger partial charge >= 0.3 is 0 Å². The highest BCUT2D eigenvalue weighted by Crippen LogP contribution is 2.26. The van der Waals surface area contributed by atoms with E-state index in [0.717, 1.165) is 22.4 Å². The molecule has 0 radical (unpaired) electrons. The van der Waals surface area contributed by atoms with Gasteiger partial charge in [-0.2, -0.15) is 5.10 Å². The molecule has 1 heterocycles. The molecule has 0 spiro atoms. The van der Waals surface area contributed by atoms with Gasteiger partial charge in [0.15, 0.2) is 0 Å². The average Bonchev–Trinajstić information content (AvgIpc) is 3.07. The third-order valence-corrected chi connectivity index (χ3v) is 4.26. The minimum atomic E-state index is -0.162. The number of carbonyl (C=O) groups is 1. The van der Waals surface area contributed by atoms with Crippen LogP contribution in [0.5, 0.6) is 11.5 Å². The van der Waals surface area contributed by atoms with E-state index in [1.54, 1.807) is 31.2 Å². The molecule has 0 saturated carbocycles. The zero-order chi connectivity index (χ0) is 19.4. The van der Waals surface area contributed by atoms with Crippen LogP contribution in [0, 0.1) is 13.8 Å². The Bertz CT molecular complexity index is 943. The predicted octanol–water partition coefficient (Wildman–Crippen LogP) is 3.82. The standard InChI is InChI=1S/C21H23N3O3/c1-14-9-15(2)11-17(10-14)21(25)23-20-7-8-22-24(20)13-16-5-6-18(26-3)12-19(16)27-4/h5-12H,13H2,1-4H3,(H,23,25). The molecule has 0 fully saturated rings. The minimum absolute atomic E-state index is 0.162. The van der Waals surface area contributed by atoms with Crippen LogP contribution < -0.4 is 14.8 Å². The molecule has 0 aliphatic carbocycles. The molecule has 140 valence electrons. The number of hydrogen-bond acceptors (Lipinski definition) is 4. The van der Waals surface area contributed by atoms with Gasteiger partial charge in [-0.25, -0.2) is 4.68 Å². The molecule has 0 saturated heterocycles. The summed E-state index contributed by atoms with van der Waals surface area (Å²) < 4.78 is 12.4. The first-order valence-corrected chi connectivity index (χ1v) is 8.62. The highest BCUT2D eigenvalue weighted by molar-refractivity contribution is 6.04. The van der Waals surface area contributed by atoms with Crippen LogP contribution in [0.2, 0.25) is 0 Å². The SMILES string of the molecule is COc1ccc(Cn2nccc2NC(=O)c2cc(C)cc(C)c2)c(OC)c1. The van der Waals surface area contributed by atoms with Gasteiger partial charge in [-0.05, 0) is 38.1 Å². The molecule has 6 heteroatoms. The molecule has 0 bridgehead atoms. The number of nitrogens with one attached hydrogen (secondary N) is 1. The van der Waals surface area contributed by atoms with Gasteiger partial charge in [0.05, 0.1) is 27.0 Å². The number of benzene rings is 2. The van der Waals surface area contributed by atoms with Gasteiger partial charge in [0.1, 0.15) is 17.3 Å². The topological polar surface area (TPSA) is 65.4 Å². The molecular formula is C21H23N3O3. The van der Waals surface area contributed by atoms with Crippen molar-refractivity contribution in [3.05, 3.63) is 70.9 Å². The molecule has 3 rings (SSSR count). The summed E-state index contributed by atoms with van der Waals surface area (Å²) >= 11 is 0. The smallest absolute Gasteiger partial charge is 0.256 e. The maximum absolute atomic E-state index is 12.6. The Morgan fingerprint density at radius 3 is 2.44 bits per heavy atom. The second-order valence-electron chi connectivity index (χ2n) is 6.38. The Labute approximate surface area is 158 Å². The fraction of sp³-hybridized carbons (Fsp3) is 0.238. The van der Waals surface area contributed by atoms with Crippen molar-refractivity contribution in [2.75, 3.05) is 19.5 Å². The normalized spacial score (nSPS) is 10.5. The molecule has 1 amide bonds. The van der Waals surface area contributed by atoms with E-state index in [4.69, 9.17) is 9.47 Å². The summed E-state index contributed by atoms with van der Waals surface area (Å²) in [6, 6.07) is 13.2. The lowest BCUT2D eigenvalue weighted by Gasteiger charge is -2.13. The third-order valence-electron chi connectivity index (χ3n) is 4.26. The molecule has 0 aliphatic rings. The zero-order valence-electron chi connectivity index (χ0n) is 15.9. The molecule has 2 aromatic carbocycles. The van der Waals surface area contributed by atoms with Gasteiger partial charge in [-0.3, -0.25) is 4.79 Å². The number of aromatic nitrogens is 2. The van der Waals surface area contributed by atoms with Crippen LogP contribution in [0.4, 0.5) is 5.82 Å². The predicted molar refractivity (Wildman–Crippen MR) is 105 cm³/mol. The Balaban J connectivity index is 1.81. The first-order chi connectivity index (χ1) is 13.0. The lowest BCUT2D eigenvalue weighted by molar-refractivity contribution is 0.102. The van der Waals surface area contributed by atoms with Crippen LogP contribution in [-0.4, -0.2) is 29.9 Å². The van der Waals surface area contributed by atoms with E-state index in [9.17, 15) is 4.79 Å². The van der Waals surface area contributed by atoms with E-state index < -0.39 is 0 Å². The number of amides is 1. The number of rotatable bonds is 6. The number of anilines is 1. The summed E-state index contributed by atoms with van der Waals surface area (Å²) in [6.45, 7) is 4.41. The largest absolute Gasteiger partial charge is 0.497 e. The first kappa shape index (κ1) is 18.5. The molecule has 6 nitrogen and oxygen atoms in total. The lowest BCUT2D eigenvalue weighted by atomic mass is 10.1. The van der Waals surface area contributed by atoms with Crippen LogP contribution >= 0.6 is 0 Å². The second-order valence-corrected chi connectivity index (χ2v) is 6.38. The van der Waals surface area contributed by atoms with Crippen LogP contribution in [0.1, 0.15) is 27.0 Å². The van der Waals surface area contributed by atoms with Crippen LogP contribution in [-0.2, 0) is 6.54 Å². The molecule has 3 aromatic rings. The van der Waals surface area contributed by atoms with Gasteiger partial charge in [-0.1, -0.05) is 17.2 Å². The Hall–Kier alpha value is -3.28. The van der Waals surface area contributed by atoms with E-state index >= 15 is 0 Å². The zero-order valence-corrected chi connectivity index (χ0v) is 15.9. The van der Waals surface area contributed by atoms with E-state index in [-0.39, 0.29) is 5.91 Å². The third kappa shape index (κ3) is 4.28. The Kier molecular flexibility index (Phi) is 5.45. The minimum Gasteiger partial charge on any atom is -0.497 e. The fourth-order valence-electron chi connectivity index (χ4n) is 3.00. The number of ether oxygens (including phenoxy) is 2. The van der Waals surface area contributed by atoms with Gasteiger partial charge < -0.3 is 14.8 Å². The molecular weight excluding hydrogens is 342 g/mol. The summed E-state index contributed by atoms with van der Waals surface area (Å²) in [5.74, 6) is 1.89. The maximum Gasteiger partial charge on any atom is 0.256 e. The summed E-state index contributed by atoms with van der Waals surface area (Å²) in [7, 11) is 3.23. The van der Waals surface area contributed by atoms with E-state index in [0.29, 0.717) is 23.7 Å². The second kappa shape index (κ2) is 7.95. The average molecular weight is 365 g/mol. The van der Waals surface area contributed by atoms with Gasteiger partial charge in [-0.15, -0.1) is 0 Å². The number of hydrogen-bond donors (Lipinski definition) is 1. The van der Waals surface area contributed by atoms with Crippen LogP contribution in [0.25, 0.3) is 0 Å². The number of methoxy groups -OCH3 is 2. The Morgan fingerprint density at radius 1 is 1.04 bits per heavy atom. The first-order valence-electron chi connectivity index (χ1n) is 8.62. The molecule has 1 aromatic heterocycles. The highest BCUT2D eigenvalue weighted by atomic mass is 16.5. The lowest BCUT2D eigenvalue weighted by Crippen LogP contribution is -2.16. The van der Waals surface area contributed by atoms with Crippen molar-refractivity contribution in [1.82, 2.24) is 9.78 Å². The molecule has 1 N–H and O–H groups in total. The molecule has 0 aliphatic heterocycles. The molecule has 0 unspecified atom stereocenters. The summed E-state index contributed by atoms with van der Waals surface area (Å²) in [5.41, 5.74) is 3.67.